The molecule has 1 saturated carbocycles. The average Bonchev–Trinajstić information content (AvgIpc) is 3.59. The van der Waals surface area contributed by atoms with Gasteiger partial charge in [0, 0.05) is 26.2 Å². The Morgan fingerprint density at radius 2 is 1.80 bits per heavy atom. The Labute approximate surface area is 177 Å². The number of carbonyl (C=O) groups excluding carboxylic acids is 1. The molecule has 7 nitrogen and oxygen atoms in total. The maximum Gasteiger partial charge on any atom is 0.248 e. The number of fused-ring (bicyclic) bond motifs is 1. The van der Waals surface area contributed by atoms with E-state index < -0.39 is 0 Å². The molecule has 2 aromatic rings. The van der Waals surface area contributed by atoms with Crippen molar-refractivity contribution in [3.8, 4) is 0 Å². The first-order valence-corrected chi connectivity index (χ1v) is 11.3. The van der Waals surface area contributed by atoms with E-state index in [1.807, 2.05) is 29.2 Å². The molecule has 2 saturated heterocycles. The molecule has 160 valence electrons. The van der Waals surface area contributed by atoms with Crippen LogP contribution in [0.1, 0.15) is 25.7 Å². The quantitative estimate of drug-likeness (QED) is 0.757. The standard InChI is InChI=1S/C23H31N5O2/c29-23-16-30-19(11-25-22-12-24-20-3-1-2-4-21(20)26-22)15-28(23)14-18-7-9-27(10-8-18)13-17-5-6-17/h1-4,12,17-19H,5-11,13-16H2,(H,25,26). The highest BCUT2D eigenvalue weighted by molar-refractivity contribution is 5.78. The molecule has 1 aromatic carbocycles. The van der Waals surface area contributed by atoms with Gasteiger partial charge in [0.25, 0.3) is 0 Å². The lowest BCUT2D eigenvalue weighted by atomic mass is 9.95. The number of amides is 1. The SMILES string of the molecule is O=C1COC(CNc2cnc3ccccc3n2)CN1CC1CCN(CC2CC2)CC1. The Kier molecular flexibility index (Phi) is 5.82. The highest BCUT2D eigenvalue weighted by Gasteiger charge is 2.31. The fraction of sp³-hybridized carbons (Fsp3) is 0.609. The minimum atomic E-state index is -0.0223. The molecular weight excluding hydrogens is 378 g/mol. The van der Waals surface area contributed by atoms with Crippen molar-refractivity contribution in [3.05, 3.63) is 30.5 Å². The number of hydrogen-bond donors (Lipinski definition) is 1. The van der Waals surface area contributed by atoms with Crippen LogP contribution in [0.25, 0.3) is 11.0 Å². The molecular formula is C23H31N5O2. The molecule has 0 spiro atoms. The van der Waals surface area contributed by atoms with Crippen molar-refractivity contribution in [2.45, 2.75) is 31.8 Å². The van der Waals surface area contributed by atoms with Crippen LogP contribution in [-0.4, -0.2) is 77.7 Å². The monoisotopic (exact) mass is 409 g/mol. The van der Waals surface area contributed by atoms with Gasteiger partial charge in [0.05, 0.1) is 23.3 Å². The second-order valence-electron chi connectivity index (χ2n) is 9.04. The number of aromatic nitrogens is 2. The summed E-state index contributed by atoms with van der Waals surface area (Å²) in [5.41, 5.74) is 1.76. The van der Waals surface area contributed by atoms with E-state index in [9.17, 15) is 4.79 Å². The fourth-order valence-electron chi connectivity index (χ4n) is 4.57. The van der Waals surface area contributed by atoms with Gasteiger partial charge >= 0.3 is 0 Å². The lowest BCUT2D eigenvalue weighted by Gasteiger charge is -2.38. The Morgan fingerprint density at radius 1 is 1.03 bits per heavy atom. The van der Waals surface area contributed by atoms with Gasteiger partial charge in [-0.3, -0.25) is 9.78 Å². The van der Waals surface area contributed by atoms with E-state index >= 15 is 0 Å². The maximum atomic E-state index is 12.4. The minimum absolute atomic E-state index is 0.0223. The Morgan fingerprint density at radius 3 is 2.60 bits per heavy atom. The normalized spacial score (nSPS) is 23.8. The Hall–Kier alpha value is -2.25. The van der Waals surface area contributed by atoms with E-state index in [4.69, 9.17) is 4.74 Å². The van der Waals surface area contributed by atoms with Crippen molar-refractivity contribution in [3.63, 3.8) is 0 Å². The summed E-state index contributed by atoms with van der Waals surface area (Å²) in [7, 11) is 0. The van der Waals surface area contributed by atoms with Gasteiger partial charge in [0.15, 0.2) is 0 Å². The third-order valence-electron chi connectivity index (χ3n) is 6.58. The lowest BCUT2D eigenvalue weighted by molar-refractivity contribution is -0.149. The second-order valence-corrected chi connectivity index (χ2v) is 9.04. The van der Waals surface area contributed by atoms with E-state index in [-0.39, 0.29) is 18.6 Å². The number of likely N-dealkylation sites (tertiary alicyclic amines) is 1. The van der Waals surface area contributed by atoms with Gasteiger partial charge in [-0.2, -0.15) is 0 Å². The van der Waals surface area contributed by atoms with Crippen LogP contribution in [0.2, 0.25) is 0 Å². The van der Waals surface area contributed by atoms with Crippen LogP contribution < -0.4 is 5.32 Å². The first-order valence-electron chi connectivity index (χ1n) is 11.3. The van der Waals surface area contributed by atoms with Crippen molar-refractivity contribution >= 4 is 22.8 Å². The number of piperidine rings is 1. The molecule has 30 heavy (non-hydrogen) atoms. The molecule has 1 aliphatic carbocycles. The molecule has 7 heteroatoms. The molecule has 0 bridgehead atoms. The predicted molar refractivity (Wildman–Crippen MR) is 116 cm³/mol. The fourth-order valence-corrected chi connectivity index (χ4v) is 4.57. The van der Waals surface area contributed by atoms with Gasteiger partial charge in [-0.1, -0.05) is 12.1 Å². The molecule has 2 aliphatic heterocycles. The number of rotatable bonds is 7. The summed E-state index contributed by atoms with van der Waals surface area (Å²) >= 11 is 0. The van der Waals surface area contributed by atoms with Gasteiger partial charge < -0.3 is 19.9 Å². The van der Waals surface area contributed by atoms with Crippen molar-refractivity contribution in [1.82, 2.24) is 19.8 Å². The molecule has 1 amide bonds. The molecule has 1 aromatic heterocycles. The van der Waals surface area contributed by atoms with Crippen LogP contribution in [0.3, 0.4) is 0 Å². The van der Waals surface area contributed by atoms with Crippen molar-refractivity contribution in [2.24, 2.45) is 11.8 Å². The topological polar surface area (TPSA) is 70.6 Å². The summed E-state index contributed by atoms with van der Waals surface area (Å²) in [4.78, 5) is 26.1. The Bertz CT molecular complexity index is 879. The average molecular weight is 410 g/mol. The molecule has 0 radical (unpaired) electrons. The van der Waals surface area contributed by atoms with Gasteiger partial charge in [-0.25, -0.2) is 4.98 Å². The van der Waals surface area contributed by atoms with Crippen LogP contribution in [0.4, 0.5) is 5.82 Å². The summed E-state index contributed by atoms with van der Waals surface area (Å²) in [6.45, 7) is 5.97. The lowest BCUT2D eigenvalue weighted by Crippen LogP contribution is -2.51. The number of hydrogen-bond acceptors (Lipinski definition) is 6. The summed E-state index contributed by atoms with van der Waals surface area (Å²) < 4.78 is 5.78. The summed E-state index contributed by atoms with van der Waals surface area (Å²) in [6.07, 6.45) is 6.97. The van der Waals surface area contributed by atoms with Crippen molar-refractivity contribution < 1.29 is 9.53 Å². The van der Waals surface area contributed by atoms with E-state index in [1.165, 1.54) is 45.3 Å². The molecule has 1 unspecified atom stereocenters. The number of carbonyl (C=O) groups is 1. The third-order valence-corrected chi connectivity index (χ3v) is 6.58. The molecule has 3 aliphatic rings. The van der Waals surface area contributed by atoms with Gasteiger partial charge in [0.1, 0.15) is 12.4 Å². The predicted octanol–water partition coefficient (Wildman–Crippen LogP) is 2.39. The van der Waals surface area contributed by atoms with Crippen LogP contribution in [-0.2, 0) is 9.53 Å². The van der Waals surface area contributed by atoms with E-state index in [2.05, 4.69) is 20.2 Å². The second kappa shape index (κ2) is 8.86. The molecule has 3 heterocycles. The number of nitrogens with zero attached hydrogens (tertiary/aromatic N) is 4. The van der Waals surface area contributed by atoms with E-state index in [1.54, 1.807) is 6.20 Å². The van der Waals surface area contributed by atoms with Gasteiger partial charge in [-0.05, 0) is 62.7 Å². The van der Waals surface area contributed by atoms with Crippen molar-refractivity contribution in [1.29, 1.82) is 0 Å². The van der Waals surface area contributed by atoms with Crippen LogP contribution in [0, 0.1) is 11.8 Å². The number of benzene rings is 1. The van der Waals surface area contributed by atoms with Gasteiger partial charge in [-0.15, -0.1) is 0 Å². The summed E-state index contributed by atoms with van der Waals surface area (Å²) in [5, 5.41) is 3.33. The Balaban J connectivity index is 1.10. The highest BCUT2D eigenvalue weighted by atomic mass is 16.5. The first-order chi connectivity index (χ1) is 14.7. The molecule has 5 rings (SSSR count). The zero-order chi connectivity index (χ0) is 20.3. The molecule has 1 N–H and O–H groups in total. The number of nitrogens with one attached hydrogen (secondary N) is 1. The maximum absolute atomic E-state index is 12.4. The summed E-state index contributed by atoms with van der Waals surface area (Å²) in [6, 6.07) is 7.84. The number of ether oxygens (including phenoxy) is 1. The summed E-state index contributed by atoms with van der Waals surface area (Å²) in [5.74, 6) is 2.44. The van der Waals surface area contributed by atoms with Crippen molar-refractivity contribution in [2.75, 3.05) is 51.2 Å². The third kappa shape index (κ3) is 4.90. The van der Waals surface area contributed by atoms with Crippen LogP contribution in [0.5, 0.6) is 0 Å². The van der Waals surface area contributed by atoms with E-state index in [0.29, 0.717) is 19.0 Å². The van der Waals surface area contributed by atoms with Crippen LogP contribution >= 0.6 is 0 Å². The van der Waals surface area contributed by atoms with Gasteiger partial charge in [0.2, 0.25) is 5.91 Å². The highest BCUT2D eigenvalue weighted by Crippen LogP contribution is 2.31. The largest absolute Gasteiger partial charge is 0.366 e. The zero-order valence-electron chi connectivity index (χ0n) is 17.5. The first kappa shape index (κ1) is 19.7. The van der Waals surface area contributed by atoms with E-state index in [0.717, 1.165) is 29.3 Å². The number of morpholine rings is 1. The number of anilines is 1. The number of para-hydroxylation sites is 2. The molecule has 3 fully saturated rings. The van der Waals surface area contributed by atoms with Crippen LogP contribution in [0.15, 0.2) is 30.5 Å². The molecule has 1 atom stereocenters. The smallest absolute Gasteiger partial charge is 0.248 e. The minimum Gasteiger partial charge on any atom is -0.366 e. The zero-order valence-corrected chi connectivity index (χ0v) is 17.5.